The van der Waals surface area contributed by atoms with E-state index in [0.29, 0.717) is 0 Å². The van der Waals surface area contributed by atoms with Gasteiger partial charge in [0.1, 0.15) is 11.6 Å². The maximum atomic E-state index is 12.4. The molecule has 0 aliphatic carbocycles. The normalized spacial score (nSPS) is 32.8. The van der Waals surface area contributed by atoms with Crippen LogP contribution < -0.4 is 5.32 Å². The van der Waals surface area contributed by atoms with Gasteiger partial charge in [0.15, 0.2) is 0 Å². The maximum Gasteiger partial charge on any atom is 0.249 e. The summed E-state index contributed by atoms with van der Waals surface area (Å²) >= 11 is 1.87. The van der Waals surface area contributed by atoms with Crippen molar-refractivity contribution in [2.45, 2.75) is 37.3 Å². The van der Waals surface area contributed by atoms with Gasteiger partial charge in [-0.1, -0.05) is 0 Å². The fraction of sp³-hybridized carbons (Fsp3) is 0.818. The molecule has 0 unspecified atom stereocenters. The monoisotopic (exact) mass is 240 g/mol. The van der Waals surface area contributed by atoms with Gasteiger partial charge in [-0.15, -0.1) is 0 Å². The number of hydrogen-bond acceptors (Lipinski definition) is 3. The summed E-state index contributed by atoms with van der Waals surface area (Å²) in [6.45, 7) is 0.770. The molecule has 0 aromatic carbocycles. The van der Waals surface area contributed by atoms with Crippen LogP contribution in [0.3, 0.4) is 0 Å². The summed E-state index contributed by atoms with van der Waals surface area (Å²) in [4.78, 5) is 26.2. The highest BCUT2D eigenvalue weighted by atomic mass is 32.2. The molecule has 0 bridgehead atoms. The molecular formula is C11H16N2O2S. The molecule has 3 aliphatic rings. The second kappa shape index (κ2) is 3.65. The van der Waals surface area contributed by atoms with E-state index in [9.17, 15) is 9.59 Å². The Kier molecular flexibility index (Phi) is 2.38. The summed E-state index contributed by atoms with van der Waals surface area (Å²) in [6.07, 6.45) is 3.40. The number of carbonyl (C=O) groups excluding carboxylic acids is 2. The molecule has 3 fully saturated rings. The first-order valence-corrected chi connectivity index (χ1v) is 7.09. The largest absolute Gasteiger partial charge is 0.340 e. The van der Waals surface area contributed by atoms with Crippen LogP contribution in [0.5, 0.6) is 0 Å². The lowest BCUT2D eigenvalue weighted by atomic mass is 9.87. The van der Waals surface area contributed by atoms with Crippen LogP contribution in [-0.4, -0.2) is 46.3 Å². The number of thioether (sulfide) groups is 1. The van der Waals surface area contributed by atoms with Gasteiger partial charge < -0.3 is 10.2 Å². The molecule has 3 heterocycles. The highest BCUT2D eigenvalue weighted by Gasteiger charge is 2.52. The summed E-state index contributed by atoms with van der Waals surface area (Å²) in [6, 6.07) is -0.173. The van der Waals surface area contributed by atoms with Crippen LogP contribution in [0.25, 0.3) is 0 Å². The number of piperazine rings is 1. The van der Waals surface area contributed by atoms with E-state index < -0.39 is 5.54 Å². The Morgan fingerprint density at radius 3 is 2.81 bits per heavy atom. The first-order chi connectivity index (χ1) is 7.73. The molecular weight excluding hydrogens is 224 g/mol. The van der Waals surface area contributed by atoms with E-state index in [1.165, 1.54) is 0 Å². The molecule has 3 saturated heterocycles. The van der Waals surface area contributed by atoms with Crippen molar-refractivity contribution in [3.05, 3.63) is 0 Å². The molecule has 0 aromatic heterocycles. The van der Waals surface area contributed by atoms with E-state index in [-0.39, 0.29) is 17.9 Å². The maximum absolute atomic E-state index is 12.4. The number of fused-ring (bicyclic) bond motifs is 1. The van der Waals surface area contributed by atoms with Gasteiger partial charge in [0.05, 0.1) is 0 Å². The van der Waals surface area contributed by atoms with Crippen LogP contribution in [-0.2, 0) is 9.59 Å². The molecule has 0 radical (unpaired) electrons. The fourth-order valence-corrected chi connectivity index (χ4v) is 4.18. The fourth-order valence-electron chi connectivity index (χ4n) is 2.99. The van der Waals surface area contributed by atoms with Crippen LogP contribution >= 0.6 is 11.8 Å². The van der Waals surface area contributed by atoms with Gasteiger partial charge >= 0.3 is 0 Å². The van der Waals surface area contributed by atoms with Crippen molar-refractivity contribution < 1.29 is 9.59 Å². The highest BCUT2D eigenvalue weighted by Crippen LogP contribution is 2.34. The highest BCUT2D eigenvalue weighted by molar-refractivity contribution is 7.99. The molecule has 2 amide bonds. The summed E-state index contributed by atoms with van der Waals surface area (Å²) < 4.78 is 0. The van der Waals surface area contributed by atoms with E-state index in [1.807, 2.05) is 16.7 Å². The number of amides is 2. The summed E-state index contributed by atoms with van der Waals surface area (Å²) in [5, 5.41) is 3.01. The molecule has 5 heteroatoms. The molecule has 88 valence electrons. The van der Waals surface area contributed by atoms with Crippen molar-refractivity contribution in [3.8, 4) is 0 Å². The lowest BCUT2D eigenvalue weighted by molar-refractivity contribution is -0.153. The zero-order valence-corrected chi connectivity index (χ0v) is 10.0. The molecule has 0 saturated carbocycles. The SMILES string of the molecule is O=C1NC2(CCSCC2)C(=O)N2CCC[C@@H]12. The predicted octanol–water partition coefficient (Wildman–Crippen LogP) is 0.373. The molecule has 0 aromatic rings. The summed E-state index contributed by atoms with van der Waals surface area (Å²) in [7, 11) is 0. The second-order valence-electron chi connectivity index (χ2n) is 4.84. The minimum absolute atomic E-state index is 0.0731. The summed E-state index contributed by atoms with van der Waals surface area (Å²) in [5.41, 5.74) is -0.552. The number of hydrogen-bond donors (Lipinski definition) is 1. The molecule has 1 spiro atoms. The van der Waals surface area contributed by atoms with Crippen LogP contribution in [0.1, 0.15) is 25.7 Å². The average molecular weight is 240 g/mol. The third kappa shape index (κ3) is 1.37. The van der Waals surface area contributed by atoms with Crippen molar-refractivity contribution in [3.63, 3.8) is 0 Å². The van der Waals surface area contributed by atoms with Gasteiger partial charge in [-0.05, 0) is 37.2 Å². The minimum atomic E-state index is -0.552. The van der Waals surface area contributed by atoms with Crippen LogP contribution in [0.4, 0.5) is 0 Å². The van der Waals surface area contributed by atoms with Crippen molar-refractivity contribution in [1.29, 1.82) is 0 Å². The lowest BCUT2D eigenvalue weighted by Crippen LogP contribution is -2.69. The molecule has 3 rings (SSSR count). The lowest BCUT2D eigenvalue weighted by Gasteiger charge is -2.45. The third-order valence-corrected chi connectivity index (χ3v) is 4.92. The van der Waals surface area contributed by atoms with Crippen molar-refractivity contribution in [1.82, 2.24) is 10.2 Å². The Morgan fingerprint density at radius 2 is 2.06 bits per heavy atom. The van der Waals surface area contributed by atoms with Crippen molar-refractivity contribution in [2.24, 2.45) is 0 Å². The van der Waals surface area contributed by atoms with Gasteiger partial charge in [0, 0.05) is 6.54 Å². The van der Waals surface area contributed by atoms with Crippen LogP contribution in [0.2, 0.25) is 0 Å². The molecule has 1 atom stereocenters. The Labute approximate surface area is 99.1 Å². The summed E-state index contributed by atoms with van der Waals surface area (Å²) in [5.74, 6) is 2.20. The van der Waals surface area contributed by atoms with Gasteiger partial charge in [-0.3, -0.25) is 9.59 Å². The van der Waals surface area contributed by atoms with E-state index >= 15 is 0 Å². The standard InChI is InChI=1S/C11H16N2O2S/c14-9-8-2-1-5-13(8)10(15)11(12-9)3-6-16-7-4-11/h8H,1-7H2,(H,12,14)/t8-/m0/s1. The van der Waals surface area contributed by atoms with Crippen molar-refractivity contribution in [2.75, 3.05) is 18.1 Å². The van der Waals surface area contributed by atoms with E-state index in [4.69, 9.17) is 0 Å². The Morgan fingerprint density at radius 1 is 1.31 bits per heavy atom. The second-order valence-corrected chi connectivity index (χ2v) is 6.07. The molecule has 3 aliphatic heterocycles. The number of nitrogens with zero attached hydrogens (tertiary/aromatic N) is 1. The van der Waals surface area contributed by atoms with Crippen LogP contribution in [0, 0.1) is 0 Å². The number of carbonyl (C=O) groups is 2. The van der Waals surface area contributed by atoms with E-state index in [2.05, 4.69) is 5.32 Å². The van der Waals surface area contributed by atoms with E-state index in [0.717, 1.165) is 43.7 Å². The Bertz CT molecular complexity index is 339. The van der Waals surface area contributed by atoms with E-state index in [1.54, 1.807) is 0 Å². The van der Waals surface area contributed by atoms with Gasteiger partial charge in [-0.25, -0.2) is 0 Å². The predicted molar refractivity (Wildman–Crippen MR) is 62.2 cm³/mol. The number of nitrogens with one attached hydrogen (secondary N) is 1. The van der Waals surface area contributed by atoms with Crippen LogP contribution in [0.15, 0.2) is 0 Å². The van der Waals surface area contributed by atoms with Gasteiger partial charge in [-0.2, -0.15) is 11.8 Å². The first-order valence-electron chi connectivity index (χ1n) is 5.94. The Balaban J connectivity index is 1.90. The quantitative estimate of drug-likeness (QED) is 0.665. The average Bonchev–Trinajstić information content (AvgIpc) is 2.77. The topological polar surface area (TPSA) is 49.4 Å². The molecule has 4 nitrogen and oxygen atoms in total. The zero-order chi connectivity index (χ0) is 11.2. The molecule has 16 heavy (non-hydrogen) atoms. The van der Waals surface area contributed by atoms with Gasteiger partial charge in [0.2, 0.25) is 11.8 Å². The minimum Gasteiger partial charge on any atom is -0.340 e. The first kappa shape index (κ1) is 10.4. The Hall–Kier alpha value is -0.710. The zero-order valence-electron chi connectivity index (χ0n) is 9.20. The third-order valence-electron chi connectivity index (χ3n) is 3.93. The smallest absolute Gasteiger partial charge is 0.249 e. The number of rotatable bonds is 0. The van der Waals surface area contributed by atoms with Crippen molar-refractivity contribution >= 4 is 23.6 Å². The molecule has 1 N–H and O–H groups in total. The van der Waals surface area contributed by atoms with Gasteiger partial charge in [0.25, 0.3) is 0 Å².